The minimum absolute atomic E-state index is 0.0145. The van der Waals surface area contributed by atoms with E-state index in [9.17, 15) is 13.2 Å². The van der Waals surface area contributed by atoms with Crippen LogP contribution in [0.25, 0.3) is 0 Å². The normalized spacial score (nSPS) is 20.1. The molecule has 1 fully saturated rings. The van der Waals surface area contributed by atoms with Crippen LogP contribution in [0.2, 0.25) is 0 Å². The number of amides is 1. The second kappa shape index (κ2) is 4.37. The number of hydrogen-bond acceptors (Lipinski definition) is 4. The first-order valence-electron chi connectivity index (χ1n) is 5.29. The molecule has 1 unspecified atom stereocenters. The van der Waals surface area contributed by atoms with E-state index in [0.29, 0.717) is 18.7 Å². The van der Waals surface area contributed by atoms with Gasteiger partial charge < -0.3 is 10.6 Å². The average Bonchev–Trinajstić information content (AvgIpc) is 2.63. The molecule has 1 saturated heterocycles. The van der Waals surface area contributed by atoms with Crippen molar-refractivity contribution in [3.05, 3.63) is 24.3 Å². The van der Waals surface area contributed by atoms with E-state index in [4.69, 9.17) is 0 Å². The van der Waals surface area contributed by atoms with Crippen molar-refractivity contribution in [1.82, 2.24) is 5.32 Å². The maximum atomic E-state index is 11.6. The third kappa shape index (κ3) is 2.76. The van der Waals surface area contributed by atoms with E-state index in [1.807, 2.05) is 0 Å². The number of sulfone groups is 1. The first kappa shape index (κ1) is 11.9. The summed E-state index contributed by atoms with van der Waals surface area (Å²) in [6.45, 7) is 0.525. The molecule has 1 amide bonds. The van der Waals surface area contributed by atoms with Gasteiger partial charge in [0, 0.05) is 19.2 Å². The predicted octanol–water partition coefficient (Wildman–Crippen LogP) is 0.390. The third-order valence-corrected chi connectivity index (χ3v) is 3.78. The zero-order valence-corrected chi connectivity index (χ0v) is 10.3. The summed E-state index contributed by atoms with van der Waals surface area (Å²) in [5.41, 5.74) is 0.552. The van der Waals surface area contributed by atoms with Crippen molar-refractivity contribution in [2.24, 2.45) is 0 Å². The maximum absolute atomic E-state index is 11.6. The smallest absolute Gasteiger partial charge is 0.222 e. The Kier molecular flexibility index (Phi) is 3.06. The number of benzene rings is 1. The van der Waals surface area contributed by atoms with Crippen molar-refractivity contribution >= 4 is 21.4 Å². The number of anilines is 1. The monoisotopic (exact) mass is 254 g/mol. The molecule has 1 aromatic carbocycles. The molecule has 1 heterocycles. The van der Waals surface area contributed by atoms with E-state index in [1.165, 1.54) is 6.26 Å². The molecule has 1 aliphatic heterocycles. The minimum Gasteiger partial charge on any atom is -0.379 e. The second-order valence-electron chi connectivity index (χ2n) is 4.12. The number of carbonyl (C=O) groups is 1. The molecular weight excluding hydrogens is 240 g/mol. The molecular formula is C11H14N2O3S. The molecule has 2 rings (SSSR count). The van der Waals surface area contributed by atoms with Crippen LogP contribution in [-0.2, 0) is 14.6 Å². The first-order chi connectivity index (χ1) is 7.97. The van der Waals surface area contributed by atoms with Gasteiger partial charge in [-0.2, -0.15) is 0 Å². The van der Waals surface area contributed by atoms with Crippen LogP contribution in [-0.4, -0.2) is 33.2 Å². The molecule has 0 aliphatic carbocycles. The number of hydrogen-bond donors (Lipinski definition) is 2. The lowest BCUT2D eigenvalue weighted by Crippen LogP contribution is -2.23. The number of rotatable bonds is 3. The molecule has 0 radical (unpaired) electrons. The van der Waals surface area contributed by atoms with Crippen LogP contribution < -0.4 is 10.6 Å². The van der Waals surface area contributed by atoms with Gasteiger partial charge in [-0.1, -0.05) is 12.1 Å². The van der Waals surface area contributed by atoms with Gasteiger partial charge in [-0.05, 0) is 12.1 Å². The van der Waals surface area contributed by atoms with Crippen molar-refractivity contribution < 1.29 is 13.2 Å². The Balaban J connectivity index is 2.24. The molecule has 17 heavy (non-hydrogen) atoms. The van der Waals surface area contributed by atoms with E-state index >= 15 is 0 Å². The summed E-state index contributed by atoms with van der Waals surface area (Å²) in [4.78, 5) is 11.3. The Morgan fingerprint density at radius 1 is 1.35 bits per heavy atom. The average molecular weight is 254 g/mol. The van der Waals surface area contributed by atoms with Crippen molar-refractivity contribution in [3.63, 3.8) is 0 Å². The Labute approximate surface area is 100 Å². The van der Waals surface area contributed by atoms with E-state index in [-0.39, 0.29) is 16.8 Å². The highest BCUT2D eigenvalue weighted by molar-refractivity contribution is 7.90. The molecule has 6 heteroatoms. The van der Waals surface area contributed by atoms with Gasteiger partial charge in [0.2, 0.25) is 5.91 Å². The maximum Gasteiger partial charge on any atom is 0.222 e. The number of nitrogens with one attached hydrogen (secondary N) is 2. The fraction of sp³-hybridized carbons (Fsp3) is 0.364. The summed E-state index contributed by atoms with van der Waals surface area (Å²) >= 11 is 0. The van der Waals surface area contributed by atoms with Crippen LogP contribution in [0.4, 0.5) is 5.69 Å². The van der Waals surface area contributed by atoms with Gasteiger partial charge in [-0.15, -0.1) is 0 Å². The van der Waals surface area contributed by atoms with E-state index in [1.54, 1.807) is 24.3 Å². The summed E-state index contributed by atoms with van der Waals surface area (Å²) in [5.74, 6) is -0.0145. The molecule has 1 aliphatic rings. The molecule has 1 aromatic rings. The van der Waals surface area contributed by atoms with Gasteiger partial charge in [0.05, 0.1) is 16.6 Å². The van der Waals surface area contributed by atoms with Crippen molar-refractivity contribution in [2.45, 2.75) is 17.4 Å². The topological polar surface area (TPSA) is 75.3 Å². The lowest BCUT2D eigenvalue weighted by Gasteiger charge is -2.14. The van der Waals surface area contributed by atoms with Crippen LogP contribution >= 0.6 is 0 Å². The van der Waals surface area contributed by atoms with E-state index in [0.717, 1.165) is 0 Å². The Morgan fingerprint density at radius 3 is 2.65 bits per heavy atom. The van der Waals surface area contributed by atoms with Gasteiger partial charge in [0.25, 0.3) is 0 Å². The highest BCUT2D eigenvalue weighted by Crippen LogP contribution is 2.22. The summed E-state index contributed by atoms with van der Waals surface area (Å²) < 4.78 is 23.1. The highest BCUT2D eigenvalue weighted by atomic mass is 32.2. The lowest BCUT2D eigenvalue weighted by atomic mass is 10.2. The SMILES string of the molecule is CS(=O)(=O)c1ccccc1NC1CNC(=O)C1. The highest BCUT2D eigenvalue weighted by Gasteiger charge is 2.23. The Bertz CT molecular complexity index is 539. The van der Waals surface area contributed by atoms with Crippen LogP contribution in [0.3, 0.4) is 0 Å². The second-order valence-corrected chi connectivity index (χ2v) is 6.10. The predicted molar refractivity (Wildman–Crippen MR) is 64.6 cm³/mol. The van der Waals surface area contributed by atoms with Crippen molar-refractivity contribution in [1.29, 1.82) is 0 Å². The summed E-state index contributed by atoms with van der Waals surface area (Å²) in [6.07, 6.45) is 1.55. The van der Waals surface area contributed by atoms with Gasteiger partial charge in [-0.3, -0.25) is 4.79 Å². The summed E-state index contributed by atoms with van der Waals surface area (Å²) in [5, 5.41) is 5.78. The molecule has 92 valence electrons. The quantitative estimate of drug-likeness (QED) is 0.818. The zero-order valence-electron chi connectivity index (χ0n) is 9.43. The zero-order chi connectivity index (χ0) is 12.5. The molecule has 0 saturated carbocycles. The van der Waals surface area contributed by atoms with Gasteiger partial charge in [0.1, 0.15) is 0 Å². The fourth-order valence-electron chi connectivity index (χ4n) is 1.84. The first-order valence-corrected chi connectivity index (χ1v) is 7.18. The standard InChI is InChI=1S/C11H14N2O3S/c1-17(15,16)10-5-3-2-4-9(10)13-8-6-11(14)12-7-8/h2-5,8,13H,6-7H2,1H3,(H,12,14). The molecule has 0 bridgehead atoms. The fourth-order valence-corrected chi connectivity index (χ4v) is 2.69. The molecule has 5 nitrogen and oxygen atoms in total. The molecule has 1 atom stereocenters. The van der Waals surface area contributed by atoms with Gasteiger partial charge >= 0.3 is 0 Å². The third-order valence-electron chi connectivity index (χ3n) is 2.62. The van der Waals surface area contributed by atoms with Gasteiger partial charge in [-0.25, -0.2) is 8.42 Å². The number of carbonyl (C=O) groups excluding carboxylic acids is 1. The van der Waals surface area contributed by atoms with Gasteiger partial charge in [0.15, 0.2) is 9.84 Å². The minimum atomic E-state index is -3.26. The van der Waals surface area contributed by atoms with Crippen LogP contribution in [0, 0.1) is 0 Å². The number of para-hydroxylation sites is 1. The molecule has 0 aromatic heterocycles. The molecule has 0 spiro atoms. The van der Waals surface area contributed by atoms with E-state index < -0.39 is 9.84 Å². The van der Waals surface area contributed by atoms with Crippen LogP contribution in [0.1, 0.15) is 6.42 Å². The van der Waals surface area contributed by atoms with Crippen LogP contribution in [0.5, 0.6) is 0 Å². The Morgan fingerprint density at radius 2 is 2.06 bits per heavy atom. The van der Waals surface area contributed by atoms with E-state index in [2.05, 4.69) is 10.6 Å². The summed E-state index contributed by atoms with van der Waals surface area (Å²) in [7, 11) is -3.26. The van der Waals surface area contributed by atoms with Crippen LogP contribution in [0.15, 0.2) is 29.2 Å². The van der Waals surface area contributed by atoms with Crippen molar-refractivity contribution in [3.8, 4) is 0 Å². The largest absolute Gasteiger partial charge is 0.379 e. The molecule has 2 N–H and O–H groups in total. The Hall–Kier alpha value is -1.56. The lowest BCUT2D eigenvalue weighted by molar-refractivity contribution is -0.119. The van der Waals surface area contributed by atoms with Crippen molar-refractivity contribution in [2.75, 3.05) is 18.1 Å². The summed E-state index contributed by atoms with van der Waals surface area (Å²) in [6, 6.07) is 6.66.